The Bertz CT molecular complexity index is 908. The summed E-state index contributed by atoms with van der Waals surface area (Å²) in [5, 5.41) is 13.0. The van der Waals surface area contributed by atoms with Crippen LogP contribution in [0.3, 0.4) is 0 Å². The number of fused-ring (bicyclic) bond motifs is 3. The number of carboxylic acid groups (broad SMARTS) is 1. The molecule has 1 fully saturated rings. The largest absolute Gasteiger partial charge is 0.477 e. The number of thioether (sulfide) groups is 1. The van der Waals surface area contributed by atoms with Gasteiger partial charge in [-0.25, -0.2) is 14.2 Å². The lowest BCUT2D eigenvalue weighted by molar-refractivity contribution is 0.0690. The lowest BCUT2D eigenvalue weighted by Gasteiger charge is -2.29. The van der Waals surface area contributed by atoms with Crippen LogP contribution in [0.2, 0.25) is 0 Å². The normalized spacial score (nSPS) is 17.3. The molecule has 2 aliphatic rings. The molecule has 0 aliphatic carbocycles. The van der Waals surface area contributed by atoms with Crippen molar-refractivity contribution in [3.63, 3.8) is 0 Å². The molecular formula is C15H15FN4O3S. The molecule has 0 atom stereocenters. The minimum atomic E-state index is -1.29. The van der Waals surface area contributed by atoms with Gasteiger partial charge in [-0.3, -0.25) is 4.79 Å². The van der Waals surface area contributed by atoms with Crippen molar-refractivity contribution in [2.24, 2.45) is 0 Å². The van der Waals surface area contributed by atoms with Crippen molar-refractivity contribution in [1.82, 2.24) is 14.9 Å². The van der Waals surface area contributed by atoms with Gasteiger partial charge < -0.3 is 19.9 Å². The first-order chi connectivity index (χ1) is 11.6. The molecule has 2 aromatic rings. The van der Waals surface area contributed by atoms with Crippen LogP contribution in [0, 0.1) is 5.82 Å². The number of carboxylic acids is 1. The fourth-order valence-electron chi connectivity index (χ4n) is 3.18. The minimum absolute atomic E-state index is 0.0232. The Hall–Kier alpha value is -2.13. The fourth-order valence-corrected chi connectivity index (χ4v) is 4.31. The number of halogens is 1. The van der Waals surface area contributed by atoms with Gasteiger partial charge in [-0.15, -0.1) is 11.8 Å². The highest BCUT2D eigenvalue weighted by molar-refractivity contribution is 7.99. The summed E-state index contributed by atoms with van der Waals surface area (Å²) in [6.07, 6.45) is 0. The Labute approximate surface area is 140 Å². The highest BCUT2D eigenvalue weighted by Gasteiger charge is 2.28. The van der Waals surface area contributed by atoms with Gasteiger partial charge >= 0.3 is 5.97 Å². The average molecular weight is 350 g/mol. The topological polar surface area (TPSA) is 87.5 Å². The third-order valence-electron chi connectivity index (χ3n) is 4.31. The number of carbonyl (C=O) groups is 1. The van der Waals surface area contributed by atoms with Crippen molar-refractivity contribution < 1.29 is 14.3 Å². The van der Waals surface area contributed by atoms with Crippen LogP contribution in [0.4, 0.5) is 10.2 Å². The van der Waals surface area contributed by atoms with E-state index >= 15 is 0 Å². The summed E-state index contributed by atoms with van der Waals surface area (Å²) < 4.78 is 16.3. The second-order valence-corrected chi connectivity index (χ2v) is 6.80. The summed E-state index contributed by atoms with van der Waals surface area (Å²) in [5.41, 5.74) is -0.600. The van der Waals surface area contributed by atoms with Crippen LogP contribution in [0.5, 0.6) is 0 Å². The van der Waals surface area contributed by atoms with E-state index in [1.165, 1.54) is 11.8 Å². The highest BCUT2D eigenvalue weighted by Crippen LogP contribution is 2.32. The molecule has 24 heavy (non-hydrogen) atoms. The van der Waals surface area contributed by atoms with Crippen LogP contribution in [0.25, 0.3) is 11.0 Å². The number of rotatable bonds is 2. The molecule has 0 aromatic carbocycles. The van der Waals surface area contributed by atoms with Crippen LogP contribution in [-0.2, 0) is 6.54 Å². The van der Waals surface area contributed by atoms with E-state index in [0.717, 1.165) is 19.2 Å². The van der Waals surface area contributed by atoms with Gasteiger partial charge in [0.05, 0.1) is 10.4 Å². The number of aryl methyl sites for hydroxylation is 1. The molecule has 0 amide bonds. The summed E-state index contributed by atoms with van der Waals surface area (Å²) in [5.74, 6) is -0.991. The van der Waals surface area contributed by atoms with Crippen LogP contribution >= 0.6 is 11.8 Å². The molecule has 0 unspecified atom stereocenters. The molecule has 4 rings (SSSR count). The minimum Gasteiger partial charge on any atom is -0.477 e. The lowest BCUT2D eigenvalue weighted by Crippen LogP contribution is -2.44. The van der Waals surface area contributed by atoms with E-state index in [9.17, 15) is 19.1 Å². The Morgan fingerprint density at radius 3 is 2.79 bits per heavy atom. The molecule has 9 heteroatoms. The van der Waals surface area contributed by atoms with Gasteiger partial charge in [0.25, 0.3) is 0 Å². The Balaban J connectivity index is 1.99. The van der Waals surface area contributed by atoms with E-state index in [0.29, 0.717) is 36.1 Å². The first-order valence-electron chi connectivity index (χ1n) is 7.66. The molecule has 126 valence electrons. The summed E-state index contributed by atoms with van der Waals surface area (Å²) in [6.45, 7) is 3.30. The number of pyridine rings is 2. The Kier molecular flexibility index (Phi) is 3.69. The monoisotopic (exact) mass is 350 g/mol. The number of anilines is 1. The van der Waals surface area contributed by atoms with E-state index in [-0.39, 0.29) is 16.8 Å². The molecule has 0 saturated carbocycles. The van der Waals surface area contributed by atoms with Crippen molar-refractivity contribution in [3.05, 3.63) is 27.7 Å². The van der Waals surface area contributed by atoms with Crippen molar-refractivity contribution in [2.45, 2.75) is 11.6 Å². The number of nitrogens with zero attached hydrogens (tertiary/aromatic N) is 3. The van der Waals surface area contributed by atoms with Gasteiger partial charge in [0.1, 0.15) is 11.2 Å². The molecule has 2 N–H and O–H groups in total. The molecular weight excluding hydrogens is 335 g/mol. The summed E-state index contributed by atoms with van der Waals surface area (Å²) >= 11 is 1.32. The van der Waals surface area contributed by atoms with E-state index in [1.54, 1.807) is 4.57 Å². The number of hydrogen-bond donors (Lipinski definition) is 2. The third kappa shape index (κ3) is 2.27. The summed E-state index contributed by atoms with van der Waals surface area (Å²) in [7, 11) is 0. The SMILES string of the molecule is O=C(O)c1c2n(c3nc(N4CCNCC4)c(F)cc3c1=O)CCS2. The second kappa shape index (κ2) is 5.75. The van der Waals surface area contributed by atoms with Crippen LogP contribution in [-0.4, -0.2) is 52.6 Å². The molecule has 0 bridgehead atoms. The van der Waals surface area contributed by atoms with Gasteiger partial charge in [-0.1, -0.05) is 0 Å². The van der Waals surface area contributed by atoms with Crippen molar-refractivity contribution in [1.29, 1.82) is 0 Å². The van der Waals surface area contributed by atoms with Gasteiger partial charge in [0.15, 0.2) is 11.6 Å². The number of piperazine rings is 1. The van der Waals surface area contributed by atoms with E-state index in [1.807, 2.05) is 4.90 Å². The predicted octanol–water partition coefficient (Wildman–Crippen LogP) is 0.749. The van der Waals surface area contributed by atoms with E-state index in [4.69, 9.17) is 0 Å². The predicted molar refractivity (Wildman–Crippen MR) is 88.7 cm³/mol. The Morgan fingerprint density at radius 2 is 2.08 bits per heavy atom. The molecule has 2 aliphatic heterocycles. The zero-order valence-electron chi connectivity index (χ0n) is 12.7. The Morgan fingerprint density at radius 1 is 1.33 bits per heavy atom. The maximum Gasteiger partial charge on any atom is 0.342 e. The first-order valence-corrected chi connectivity index (χ1v) is 8.65. The first kappa shape index (κ1) is 15.4. The van der Waals surface area contributed by atoms with Crippen LogP contribution < -0.4 is 15.6 Å². The lowest BCUT2D eigenvalue weighted by atomic mass is 10.2. The number of hydrogen-bond acceptors (Lipinski definition) is 6. The highest BCUT2D eigenvalue weighted by atomic mass is 32.2. The summed E-state index contributed by atoms with van der Waals surface area (Å²) in [6, 6.07) is 1.13. The number of aromatic nitrogens is 2. The fraction of sp³-hybridized carbons (Fsp3) is 0.400. The second-order valence-electron chi connectivity index (χ2n) is 5.72. The molecule has 4 heterocycles. The quantitative estimate of drug-likeness (QED) is 0.826. The molecule has 0 spiro atoms. The maximum absolute atomic E-state index is 14.5. The molecule has 2 aromatic heterocycles. The van der Waals surface area contributed by atoms with Gasteiger partial charge in [0, 0.05) is 38.5 Å². The standard InChI is InChI=1S/C15H15FN4O3S/c16-9-7-8-11(21)10(15(22)23)14-20(5-6-24-14)12(8)18-13(9)19-3-1-17-2-4-19/h7,17H,1-6H2,(H,22,23). The molecule has 7 nitrogen and oxygen atoms in total. The van der Waals surface area contributed by atoms with Crippen LogP contribution in [0.15, 0.2) is 15.9 Å². The molecule has 0 radical (unpaired) electrons. The maximum atomic E-state index is 14.5. The van der Waals surface area contributed by atoms with E-state index < -0.39 is 17.2 Å². The number of nitrogens with one attached hydrogen (secondary N) is 1. The van der Waals surface area contributed by atoms with Gasteiger partial charge in [0.2, 0.25) is 5.43 Å². The van der Waals surface area contributed by atoms with Crippen molar-refractivity contribution in [2.75, 3.05) is 36.8 Å². The van der Waals surface area contributed by atoms with E-state index in [2.05, 4.69) is 10.3 Å². The zero-order valence-corrected chi connectivity index (χ0v) is 13.5. The summed E-state index contributed by atoms with van der Waals surface area (Å²) in [4.78, 5) is 30.3. The van der Waals surface area contributed by atoms with Crippen molar-refractivity contribution in [3.8, 4) is 0 Å². The number of aromatic carboxylic acids is 1. The third-order valence-corrected chi connectivity index (χ3v) is 5.39. The average Bonchev–Trinajstić information content (AvgIpc) is 3.04. The van der Waals surface area contributed by atoms with Crippen LogP contribution in [0.1, 0.15) is 10.4 Å². The smallest absolute Gasteiger partial charge is 0.342 e. The van der Waals surface area contributed by atoms with Gasteiger partial charge in [-0.05, 0) is 6.07 Å². The molecule has 1 saturated heterocycles. The van der Waals surface area contributed by atoms with Gasteiger partial charge in [-0.2, -0.15) is 0 Å². The van der Waals surface area contributed by atoms with Crippen molar-refractivity contribution >= 4 is 34.6 Å². The zero-order chi connectivity index (χ0) is 16.8.